The standard InChI is InChI=1S/C36H36ClN3O2/c37-31-15-14-29(28-7-4-19-38-35(28)31)36(42)39-26-11-8-23(9-12-26)18-20-40-32-16-17-33(40)30-22-25(10-13-27(30)32)34(41)21-24-5-2-1-3-6-24/h1-7,10,13-15,19,22-23,26,32-33H,8-9,11-12,16-18,20-21H2,(H,39,42)/t23?,26?,32-,33?/m0/s1. The molecule has 1 aromatic heterocycles. The van der Waals surface area contributed by atoms with Crippen LogP contribution < -0.4 is 5.32 Å². The highest BCUT2D eigenvalue weighted by molar-refractivity contribution is 6.35. The average molecular weight is 578 g/mol. The highest BCUT2D eigenvalue weighted by atomic mass is 35.5. The van der Waals surface area contributed by atoms with Crippen LogP contribution in [0.4, 0.5) is 0 Å². The maximum Gasteiger partial charge on any atom is 0.252 e. The van der Waals surface area contributed by atoms with E-state index in [1.165, 1.54) is 30.4 Å². The summed E-state index contributed by atoms with van der Waals surface area (Å²) in [6.45, 7) is 1.10. The SMILES string of the molecule is O=C(Cc1ccccc1)c1ccc2c(c1)C1CC[C@@H]2N1CCC1CCC(NC(=O)c2ccc(Cl)c3ncccc23)CC1. The molecular formula is C36H36ClN3O2. The highest BCUT2D eigenvalue weighted by Gasteiger charge is 2.43. The normalized spacial score (nSPS) is 23.2. The molecule has 7 rings (SSSR count). The van der Waals surface area contributed by atoms with E-state index in [1.54, 1.807) is 18.3 Å². The predicted octanol–water partition coefficient (Wildman–Crippen LogP) is 7.88. The number of amides is 1. The summed E-state index contributed by atoms with van der Waals surface area (Å²) in [5, 5.41) is 4.64. The van der Waals surface area contributed by atoms with Gasteiger partial charge < -0.3 is 5.32 Å². The Morgan fingerprint density at radius 1 is 0.857 bits per heavy atom. The number of nitrogens with zero attached hydrogens (tertiary/aromatic N) is 2. The number of nitrogens with one attached hydrogen (secondary N) is 1. The first-order chi connectivity index (χ1) is 20.5. The summed E-state index contributed by atoms with van der Waals surface area (Å²) in [7, 11) is 0. The molecule has 3 aliphatic rings. The first-order valence-electron chi connectivity index (χ1n) is 15.4. The van der Waals surface area contributed by atoms with Gasteiger partial charge in [0.15, 0.2) is 5.78 Å². The number of ketones is 1. The van der Waals surface area contributed by atoms with E-state index in [2.05, 4.69) is 27.3 Å². The van der Waals surface area contributed by atoms with Gasteiger partial charge >= 0.3 is 0 Å². The van der Waals surface area contributed by atoms with Crippen molar-refractivity contribution >= 4 is 34.2 Å². The second kappa shape index (κ2) is 11.6. The van der Waals surface area contributed by atoms with Crippen LogP contribution in [-0.4, -0.2) is 34.2 Å². The molecule has 3 aromatic carbocycles. The number of aromatic nitrogens is 1. The fourth-order valence-electron chi connectivity index (χ4n) is 7.59. The van der Waals surface area contributed by atoms with Crippen LogP contribution in [0.1, 0.15) is 94.4 Å². The predicted molar refractivity (Wildman–Crippen MR) is 167 cm³/mol. The Labute approximate surface area is 252 Å². The van der Waals surface area contributed by atoms with Gasteiger partial charge in [0.05, 0.1) is 10.5 Å². The number of Topliss-reactive ketones (excluding diaryl/α,β-unsaturated/α-hetero) is 1. The Morgan fingerprint density at radius 3 is 2.45 bits per heavy atom. The minimum Gasteiger partial charge on any atom is -0.349 e. The fraction of sp³-hybridized carbons (Fsp3) is 0.361. The van der Waals surface area contributed by atoms with E-state index < -0.39 is 0 Å². The van der Waals surface area contributed by atoms with Crippen molar-refractivity contribution in [2.45, 2.75) is 69.5 Å². The van der Waals surface area contributed by atoms with Crippen molar-refractivity contribution in [3.8, 4) is 0 Å². The van der Waals surface area contributed by atoms with Gasteiger partial charge in [-0.15, -0.1) is 0 Å². The van der Waals surface area contributed by atoms with Crippen LogP contribution in [0.15, 0.2) is 79.0 Å². The van der Waals surface area contributed by atoms with Gasteiger partial charge in [0.1, 0.15) is 0 Å². The number of carbonyl (C=O) groups excluding carboxylic acids is 2. The van der Waals surface area contributed by atoms with Crippen LogP contribution in [-0.2, 0) is 6.42 Å². The summed E-state index contributed by atoms with van der Waals surface area (Å²) in [6.07, 6.45) is 10.0. The molecule has 2 fully saturated rings. The van der Waals surface area contributed by atoms with Gasteiger partial charge in [0, 0.05) is 47.3 Å². The van der Waals surface area contributed by atoms with E-state index in [4.69, 9.17) is 11.6 Å². The van der Waals surface area contributed by atoms with Crippen molar-refractivity contribution < 1.29 is 9.59 Å². The van der Waals surface area contributed by atoms with E-state index >= 15 is 0 Å². The largest absolute Gasteiger partial charge is 0.349 e. The maximum atomic E-state index is 13.2. The lowest BCUT2D eigenvalue weighted by Gasteiger charge is -2.31. The van der Waals surface area contributed by atoms with E-state index in [-0.39, 0.29) is 17.7 Å². The van der Waals surface area contributed by atoms with Crippen LogP contribution >= 0.6 is 11.6 Å². The number of fused-ring (bicyclic) bond motifs is 6. The third-order valence-electron chi connectivity index (χ3n) is 9.79. The van der Waals surface area contributed by atoms with Gasteiger partial charge in [-0.25, -0.2) is 0 Å². The summed E-state index contributed by atoms with van der Waals surface area (Å²) in [5.74, 6) is 0.842. The topological polar surface area (TPSA) is 62.3 Å². The van der Waals surface area contributed by atoms with E-state index in [0.717, 1.165) is 48.7 Å². The maximum absolute atomic E-state index is 13.2. The molecule has 1 saturated carbocycles. The first kappa shape index (κ1) is 27.3. The molecule has 5 nitrogen and oxygen atoms in total. The number of pyridine rings is 1. The zero-order valence-corrected chi connectivity index (χ0v) is 24.5. The summed E-state index contributed by atoms with van der Waals surface area (Å²) in [4.78, 5) is 33.2. The van der Waals surface area contributed by atoms with E-state index in [0.29, 0.717) is 40.5 Å². The molecule has 1 saturated heterocycles. The molecule has 2 atom stereocenters. The summed E-state index contributed by atoms with van der Waals surface area (Å²) in [6, 6.07) is 24.9. The Balaban J connectivity index is 0.928. The molecule has 0 radical (unpaired) electrons. The van der Waals surface area contributed by atoms with Crippen molar-refractivity contribution in [2.75, 3.05) is 6.54 Å². The molecule has 1 N–H and O–H groups in total. The lowest BCUT2D eigenvalue weighted by atomic mass is 9.84. The van der Waals surface area contributed by atoms with Gasteiger partial charge in [0.25, 0.3) is 5.91 Å². The molecule has 2 aliphatic heterocycles. The highest BCUT2D eigenvalue weighted by Crippen LogP contribution is 2.53. The van der Waals surface area contributed by atoms with Crippen LogP contribution in [0.5, 0.6) is 0 Å². The molecule has 2 bridgehead atoms. The molecule has 4 aromatic rings. The fourth-order valence-corrected chi connectivity index (χ4v) is 7.81. The van der Waals surface area contributed by atoms with Crippen molar-refractivity contribution in [2.24, 2.45) is 5.92 Å². The second-order valence-corrected chi connectivity index (χ2v) is 12.7. The van der Waals surface area contributed by atoms with E-state index in [1.807, 2.05) is 48.5 Å². The Morgan fingerprint density at radius 2 is 1.64 bits per heavy atom. The van der Waals surface area contributed by atoms with Gasteiger partial charge in [-0.1, -0.05) is 60.1 Å². The van der Waals surface area contributed by atoms with E-state index in [9.17, 15) is 9.59 Å². The zero-order valence-electron chi connectivity index (χ0n) is 23.8. The summed E-state index contributed by atoms with van der Waals surface area (Å²) < 4.78 is 0. The third-order valence-corrected chi connectivity index (χ3v) is 10.1. The molecule has 3 heterocycles. The lowest BCUT2D eigenvalue weighted by Crippen LogP contribution is -2.38. The Hall–Kier alpha value is -3.54. The van der Waals surface area contributed by atoms with Crippen LogP contribution in [0.3, 0.4) is 0 Å². The van der Waals surface area contributed by atoms with Crippen LogP contribution in [0.2, 0.25) is 5.02 Å². The first-order valence-corrected chi connectivity index (χ1v) is 15.7. The minimum atomic E-state index is -0.0406. The molecule has 214 valence electrons. The number of hydrogen-bond donors (Lipinski definition) is 1. The van der Waals surface area contributed by atoms with Crippen molar-refractivity contribution in [3.63, 3.8) is 0 Å². The number of benzene rings is 3. The summed E-state index contributed by atoms with van der Waals surface area (Å²) in [5.41, 5.74) is 6.02. The number of rotatable bonds is 8. The quantitative estimate of drug-likeness (QED) is 0.216. The van der Waals surface area contributed by atoms with Crippen LogP contribution in [0.25, 0.3) is 10.9 Å². The van der Waals surface area contributed by atoms with Crippen molar-refractivity contribution in [3.05, 3.63) is 112 Å². The average Bonchev–Trinajstić information content (AvgIpc) is 3.57. The molecule has 1 amide bonds. The molecule has 1 aliphatic carbocycles. The molecule has 1 unspecified atom stereocenters. The van der Waals surface area contributed by atoms with Gasteiger partial charge in [0.2, 0.25) is 0 Å². The van der Waals surface area contributed by atoms with Gasteiger partial charge in [-0.3, -0.25) is 19.5 Å². The minimum absolute atomic E-state index is 0.0406. The Bertz CT molecular complexity index is 1630. The monoisotopic (exact) mass is 577 g/mol. The number of halogens is 1. The van der Waals surface area contributed by atoms with Gasteiger partial charge in [-0.05, 0) is 98.4 Å². The lowest BCUT2D eigenvalue weighted by molar-refractivity contribution is 0.0919. The molecule has 42 heavy (non-hydrogen) atoms. The molecular weight excluding hydrogens is 542 g/mol. The summed E-state index contributed by atoms with van der Waals surface area (Å²) >= 11 is 6.30. The third kappa shape index (κ3) is 5.25. The molecule has 6 heteroatoms. The smallest absolute Gasteiger partial charge is 0.252 e. The number of carbonyl (C=O) groups is 2. The Kier molecular flexibility index (Phi) is 7.55. The van der Waals surface area contributed by atoms with Crippen molar-refractivity contribution in [1.82, 2.24) is 15.2 Å². The second-order valence-electron chi connectivity index (χ2n) is 12.3. The zero-order chi connectivity index (χ0) is 28.6. The van der Waals surface area contributed by atoms with Gasteiger partial charge in [-0.2, -0.15) is 0 Å². The van der Waals surface area contributed by atoms with Crippen molar-refractivity contribution in [1.29, 1.82) is 0 Å². The number of hydrogen-bond acceptors (Lipinski definition) is 4. The van der Waals surface area contributed by atoms with Crippen LogP contribution in [0, 0.1) is 5.92 Å². The molecule has 0 spiro atoms.